The molecule has 0 unspecified atom stereocenters. The number of hydrogen-bond donors (Lipinski definition) is 1. The van der Waals surface area contributed by atoms with Gasteiger partial charge in [-0.1, -0.05) is 15.9 Å². The molecule has 0 atom stereocenters. The fourth-order valence-electron chi connectivity index (χ4n) is 1.24. The van der Waals surface area contributed by atoms with Crippen molar-refractivity contribution < 1.29 is 0 Å². The monoisotopic (exact) mass is 317 g/mol. The molecule has 2 rings (SSSR count). The molecule has 1 N–H and O–H groups in total. The molecule has 0 radical (unpaired) electrons. The first-order chi connectivity index (χ1) is 6.58. The number of aromatic nitrogens is 2. The SMILES string of the molecule is CN(C)c1nc2c(Br)cc(Br)cc2[nH]1. The Hall–Kier alpha value is -0.550. The van der Waals surface area contributed by atoms with Crippen LogP contribution < -0.4 is 4.90 Å². The Kier molecular flexibility index (Phi) is 2.53. The fourth-order valence-corrected chi connectivity index (χ4v) is 2.55. The number of aromatic amines is 1. The van der Waals surface area contributed by atoms with Crippen LogP contribution in [0.4, 0.5) is 5.95 Å². The normalized spacial score (nSPS) is 10.9. The molecule has 74 valence electrons. The third-order valence-corrected chi connectivity index (χ3v) is 2.98. The van der Waals surface area contributed by atoms with E-state index in [0.717, 1.165) is 25.9 Å². The van der Waals surface area contributed by atoms with Gasteiger partial charge in [0.2, 0.25) is 5.95 Å². The Labute approximate surface area is 98.8 Å². The number of H-pyrrole nitrogens is 1. The Balaban J connectivity index is 2.70. The van der Waals surface area contributed by atoms with Crippen LogP contribution in [0.3, 0.4) is 0 Å². The second-order valence-electron chi connectivity index (χ2n) is 3.24. The van der Waals surface area contributed by atoms with Gasteiger partial charge in [0.1, 0.15) is 5.52 Å². The molecule has 14 heavy (non-hydrogen) atoms. The second-order valence-corrected chi connectivity index (χ2v) is 5.01. The van der Waals surface area contributed by atoms with E-state index >= 15 is 0 Å². The molecule has 2 aromatic rings. The minimum absolute atomic E-state index is 0.860. The van der Waals surface area contributed by atoms with Crippen molar-refractivity contribution in [2.75, 3.05) is 19.0 Å². The molecule has 0 aliphatic heterocycles. The van der Waals surface area contributed by atoms with Crippen LogP contribution in [-0.2, 0) is 0 Å². The first kappa shape index (κ1) is 9.98. The third-order valence-electron chi connectivity index (χ3n) is 1.92. The number of hydrogen-bond acceptors (Lipinski definition) is 2. The van der Waals surface area contributed by atoms with Gasteiger partial charge < -0.3 is 9.88 Å². The molecule has 0 saturated carbocycles. The first-order valence-corrected chi connectivity index (χ1v) is 5.68. The smallest absolute Gasteiger partial charge is 0.203 e. The van der Waals surface area contributed by atoms with Crippen LogP contribution in [-0.4, -0.2) is 24.1 Å². The van der Waals surface area contributed by atoms with E-state index in [1.165, 1.54) is 0 Å². The number of imidazole rings is 1. The van der Waals surface area contributed by atoms with Crippen molar-refractivity contribution in [2.24, 2.45) is 0 Å². The predicted molar refractivity (Wildman–Crippen MR) is 65.8 cm³/mol. The second kappa shape index (κ2) is 3.55. The fraction of sp³-hybridized carbons (Fsp3) is 0.222. The predicted octanol–water partition coefficient (Wildman–Crippen LogP) is 3.15. The maximum atomic E-state index is 4.46. The zero-order chi connectivity index (χ0) is 10.3. The van der Waals surface area contributed by atoms with Crippen molar-refractivity contribution in [1.82, 2.24) is 9.97 Å². The largest absolute Gasteiger partial charge is 0.349 e. The van der Waals surface area contributed by atoms with Crippen molar-refractivity contribution in [1.29, 1.82) is 0 Å². The van der Waals surface area contributed by atoms with E-state index in [4.69, 9.17) is 0 Å². The number of anilines is 1. The van der Waals surface area contributed by atoms with Gasteiger partial charge in [0.15, 0.2) is 0 Å². The van der Waals surface area contributed by atoms with Crippen molar-refractivity contribution >= 4 is 48.8 Å². The lowest BCUT2D eigenvalue weighted by Crippen LogP contribution is -2.09. The molecule has 5 heteroatoms. The highest BCUT2D eigenvalue weighted by atomic mass is 79.9. The average molecular weight is 319 g/mol. The summed E-state index contributed by atoms with van der Waals surface area (Å²) in [6, 6.07) is 4.00. The number of nitrogens with zero attached hydrogens (tertiary/aromatic N) is 2. The van der Waals surface area contributed by atoms with E-state index in [0.29, 0.717) is 0 Å². The third kappa shape index (κ3) is 1.66. The van der Waals surface area contributed by atoms with Crippen molar-refractivity contribution in [3.8, 4) is 0 Å². The van der Waals surface area contributed by atoms with Crippen LogP contribution in [0.5, 0.6) is 0 Å². The Morgan fingerprint density at radius 3 is 2.64 bits per heavy atom. The minimum Gasteiger partial charge on any atom is -0.349 e. The van der Waals surface area contributed by atoms with Gasteiger partial charge in [0.05, 0.1) is 5.52 Å². The molecule has 0 aliphatic rings. The molecule has 0 saturated heterocycles. The molecule has 3 nitrogen and oxygen atoms in total. The molecular formula is C9H9Br2N3. The van der Waals surface area contributed by atoms with Gasteiger partial charge in [0, 0.05) is 23.0 Å². The topological polar surface area (TPSA) is 31.9 Å². The van der Waals surface area contributed by atoms with Gasteiger partial charge in [-0.05, 0) is 28.1 Å². The molecule has 0 amide bonds. The summed E-state index contributed by atoms with van der Waals surface area (Å²) < 4.78 is 2.03. The maximum absolute atomic E-state index is 4.46. The van der Waals surface area contributed by atoms with Crippen molar-refractivity contribution in [3.63, 3.8) is 0 Å². The summed E-state index contributed by atoms with van der Waals surface area (Å²) in [6.45, 7) is 0. The number of halogens is 2. The Morgan fingerprint density at radius 2 is 2.00 bits per heavy atom. The summed E-state index contributed by atoms with van der Waals surface area (Å²) >= 11 is 6.92. The molecule has 1 heterocycles. The lowest BCUT2D eigenvalue weighted by atomic mass is 10.3. The van der Waals surface area contributed by atoms with Crippen molar-refractivity contribution in [2.45, 2.75) is 0 Å². The van der Waals surface area contributed by atoms with Crippen LogP contribution >= 0.6 is 31.9 Å². The Morgan fingerprint density at radius 1 is 1.29 bits per heavy atom. The number of rotatable bonds is 1. The van der Waals surface area contributed by atoms with Crippen LogP contribution in [0.15, 0.2) is 21.1 Å². The minimum atomic E-state index is 0.860. The standard InChI is InChI=1S/C9H9Br2N3/c1-14(2)9-12-7-4-5(10)3-6(11)8(7)13-9/h3-4H,1-2H3,(H,12,13). The lowest BCUT2D eigenvalue weighted by Gasteiger charge is -2.05. The summed E-state index contributed by atoms with van der Waals surface area (Å²) in [5.74, 6) is 0.860. The first-order valence-electron chi connectivity index (χ1n) is 4.10. The van der Waals surface area contributed by atoms with Crippen LogP contribution in [0.1, 0.15) is 0 Å². The van der Waals surface area contributed by atoms with Gasteiger partial charge >= 0.3 is 0 Å². The zero-order valence-electron chi connectivity index (χ0n) is 7.81. The van der Waals surface area contributed by atoms with Crippen LogP contribution in [0.2, 0.25) is 0 Å². The average Bonchev–Trinajstić information content (AvgIpc) is 2.47. The maximum Gasteiger partial charge on any atom is 0.203 e. The van der Waals surface area contributed by atoms with Gasteiger partial charge in [-0.2, -0.15) is 0 Å². The number of benzene rings is 1. The van der Waals surface area contributed by atoms with E-state index in [1.54, 1.807) is 0 Å². The molecule has 1 aromatic heterocycles. The summed E-state index contributed by atoms with van der Waals surface area (Å²) in [5.41, 5.74) is 1.98. The van der Waals surface area contributed by atoms with E-state index in [2.05, 4.69) is 41.8 Å². The van der Waals surface area contributed by atoms with E-state index in [1.807, 2.05) is 31.1 Å². The molecule has 0 fully saturated rings. The van der Waals surface area contributed by atoms with Crippen LogP contribution in [0.25, 0.3) is 11.0 Å². The molecule has 0 aliphatic carbocycles. The number of nitrogens with one attached hydrogen (secondary N) is 1. The number of fused-ring (bicyclic) bond motifs is 1. The summed E-state index contributed by atoms with van der Waals surface area (Å²) in [5, 5.41) is 0. The zero-order valence-corrected chi connectivity index (χ0v) is 11.0. The van der Waals surface area contributed by atoms with Gasteiger partial charge in [-0.25, -0.2) is 4.98 Å². The lowest BCUT2D eigenvalue weighted by molar-refractivity contribution is 1.05. The quantitative estimate of drug-likeness (QED) is 0.876. The van der Waals surface area contributed by atoms with Gasteiger partial charge in [-0.15, -0.1) is 0 Å². The Bertz CT molecular complexity index is 476. The highest BCUT2D eigenvalue weighted by Crippen LogP contribution is 2.28. The van der Waals surface area contributed by atoms with E-state index < -0.39 is 0 Å². The molecular weight excluding hydrogens is 310 g/mol. The highest BCUT2D eigenvalue weighted by molar-refractivity contribution is 9.11. The van der Waals surface area contributed by atoms with E-state index in [-0.39, 0.29) is 0 Å². The summed E-state index contributed by atoms with van der Waals surface area (Å²) in [7, 11) is 3.92. The summed E-state index contributed by atoms with van der Waals surface area (Å²) in [4.78, 5) is 9.63. The van der Waals surface area contributed by atoms with Gasteiger partial charge in [0.25, 0.3) is 0 Å². The van der Waals surface area contributed by atoms with Gasteiger partial charge in [-0.3, -0.25) is 0 Å². The molecule has 0 spiro atoms. The summed E-state index contributed by atoms with van der Waals surface area (Å²) in [6.07, 6.45) is 0. The van der Waals surface area contributed by atoms with Crippen LogP contribution in [0, 0.1) is 0 Å². The van der Waals surface area contributed by atoms with Crippen molar-refractivity contribution in [3.05, 3.63) is 21.1 Å². The molecule has 0 bridgehead atoms. The highest BCUT2D eigenvalue weighted by Gasteiger charge is 2.07. The molecule has 1 aromatic carbocycles. The van der Waals surface area contributed by atoms with E-state index in [9.17, 15) is 0 Å².